The SMILES string of the molecule is COCCOC.COCCOC.[C-]#[O+].[C-]#[O+].[C-]#[O+].[CH]1C=CC=C1.[Mo].[Na]. The van der Waals surface area contributed by atoms with Gasteiger partial charge >= 0.3 is 33.9 Å². The topological polar surface area (TPSA) is 96.6 Å². The van der Waals surface area contributed by atoms with Crippen molar-refractivity contribution in [1.29, 1.82) is 0 Å². The Balaban J connectivity index is -0.0000000326. The van der Waals surface area contributed by atoms with E-state index in [0.29, 0.717) is 26.4 Å². The van der Waals surface area contributed by atoms with Crippen molar-refractivity contribution in [2.24, 2.45) is 0 Å². The van der Waals surface area contributed by atoms with Crippen molar-refractivity contribution in [3.63, 3.8) is 0 Å². The molecule has 7 nitrogen and oxygen atoms in total. The molecule has 0 spiro atoms. The van der Waals surface area contributed by atoms with E-state index < -0.39 is 0 Å². The normalized spacial score (nSPS) is 8.08. The summed E-state index contributed by atoms with van der Waals surface area (Å²) in [6, 6.07) is 0. The zero-order valence-electron chi connectivity index (χ0n) is 15.5. The van der Waals surface area contributed by atoms with E-state index in [1.807, 2.05) is 30.7 Å². The van der Waals surface area contributed by atoms with Crippen molar-refractivity contribution < 1.29 is 54.0 Å². The molecule has 9 heteroatoms. The van der Waals surface area contributed by atoms with Crippen LogP contribution in [0.1, 0.15) is 0 Å². The van der Waals surface area contributed by atoms with Crippen LogP contribution in [0.4, 0.5) is 0 Å². The minimum atomic E-state index is 0. The minimum absolute atomic E-state index is 0. The molecule has 0 amide bonds. The molecule has 0 fully saturated rings. The van der Waals surface area contributed by atoms with Crippen LogP contribution in [0.2, 0.25) is 0 Å². The molecule has 25 heavy (non-hydrogen) atoms. The Kier molecular flexibility index (Phi) is 133. The number of ether oxygens (including phenoxy) is 4. The predicted octanol–water partition coefficient (Wildman–Crippen LogP) is 1.38. The zero-order valence-corrected chi connectivity index (χ0v) is 19.5. The fraction of sp³-hybridized carbons (Fsp3) is 0.500. The van der Waals surface area contributed by atoms with Gasteiger partial charge in [-0.15, -0.1) is 0 Å². The maximum atomic E-state index is 7.50. The van der Waals surface area contributed by atoms with Gasteiger partial charge in [-0.3, -0.25) is 0 Å². The van der Waals surface area contributed by atoms with Crippen molar-refractivity contribution in [1.82, 2.24) is 0 Å². The Hall–Kier alpha value is 0.228. The Morgan fingerprint density at radius 1 is 0.560 bits per heavy atom. The first-order valence-corrected chi connectivity index (χ1v) is 6.07. The molecule has 0 bridgehead atoms. The van der Waals surface area contributed by atoms with Gasteiger partial charge in [0.15, 0.2) is 0 Å². The van der Waals surface area contributed by atoms with Crippen LogP contribution in [-0.2, 0) is 54.0 Å². The Morgan fingerprint density at radius 2 is 0.760 bits per heavy atom. The van der Waals surface area contributed by atoms with Gasteiger partial charge in [0.05, 0.1) is 26.4 Å². The molecule has 0 saturated carbocycles. The number of allylic oxidation sites excluding steroid dienone is 4. The summed E-state index contributed by atoms with van der Waals surface area (Å²) in [6.45, 7) is 16.3. The molecule has 1 aliphatic carbocycles. The van der Waals surface area contributed by atoms with Crippen LogP contribution < -0.4 is 0 Å². The quantitative estimate of drug-likeness (QED) is 0.266. The van der Waals surface area contributed by atoms with E-state index in [1.165, 1.54) is 0 Å². The smallest absolute Gasteiger partial charge is 0.00506 e. The molecule has 0 atom stereocenters. The van der Waals surface area contributed by atoms with Crippen LogP contribution in [0.25, 0.3) is 0 Å². The number of rotatable bonds is 6. The molecule has 138 valence electrons. The first kappa shape index (κ1) is 44.6. The van der Waals surface area contributed by atoms with Gasteiger partial charge in [0, 0.05) is 85.5 Å². The second kappa shape index (κ2) is 74.7. The summed E-state index contributed by atoms with van der Waals surface area (Å²) in [5, 5.41) is 0. The maximum Gasteiger partial charge on any atom is 0.00506 e. The molecule has 0 aromatic carbocycles. The van der Waals surface area contributed by atoms with Crippen LogP contribution in [0.15, 0.2) is 24.3 Å². The summed E-state index contributed by atoms with van der Waals surface area (Å²) in [6.07, 6.45) is 10.0. The van der Waals surface area contributed by atoms with Gasteiger partial charge in [-0.2, -0.15) is 0 Å². The third-order valence-electron chi connectivity index (χ3n) is 1.54. The second-order valence-electron chi connectivity index (χ2n) is 2.93. The largest absolute Gasteiger partial charge is 0.0767 e. The van der Waals surface area contributed by atoms with Crippen molar-refractivity contribution in [3.05, 3.63) is 50.7 Å². The van der Waals surface area contributed by atoms with E-state index in [4.69, 9.17) is 14.0 Å². The van der Waals surface area contributed by atoms with Gasteiger partial charge in [-0.25, -0.2) is 0 Å². The summed E-state index contributed by atoms with van der Waals surface area (Å²) in [5.74, 6) is 0. The summed E-state index contributed by atoms with van der Waals surface area (Å²) < 4.78 is 41.1. The monoisotopic (exact) mass is 450 g/mol. The Morgan fingerprint density at radius 3 is 0.840 bits per heavy atom. The molecular weight excluding hydrogens is 423 g/mol. The second-order valence-corrected chi connectivity index (χ2v) is 2.93. The maximum absolute atomic E-state index is 7.50. The van der Waals surface area contributed by atoms with Crippen LogP contribution >= 0.6 is 0 Å². The molecule has 0 aromatic heterocycles. The number of hydrogen-bond acceptors (Lipinski definition) is 4. The summed E-state index contributed by atoms with van der Waals surface area (Å²) in [4.78, 5) is 0. The summed E-state index contributed by atoms with van der Waals surface area (Å²) in [5.41, 5.74) is 0. The number of methoxy groups -OCH3 is 4. The van der Waals surface area contributed by atoms with Crippen molar-refractivity contribution in [2.45, 2.75) is 0 Å². The van der Waals surface area contributed by atoms with E-state index >= 15 is 0 Å². The predicted molar refractivity (Wildman–Crippen MR) is 87.6 cm³/mol. The molecule has 1 rings (SSSR count). The molecule has 2 radical (unpaired) electrons. The molecule has 0 N–H and O–H groups in total. The average molecular weight is 448 g/mol. The Labute approximate surface area is 188 Å². The molecule has 0 aliphatic heterocycles. The third-order valence-corrected chi connectivity index (χ3v) is 1.54. The zero-order chi connectivity index (χ0) is 19.2. The molecule has 0 aromatic rings. The van der Waals surface area contributed by atoms with Crippen molar-refractivity contribution in [2.75, 3.05) is 54.9 Å². The van der Waals surface area contributed by atoms with Gasteiger partial charge < -0.3 is 18.9 Å². The minimum Gasteiger partial charge on any atom is -0.0767 e. The van der Waals surface area contributed by atoms with Gasteiger partial charge in [-0.05, 0) is 0 Å². The summed E-state index contributed by atoms with van der Waals surface area (Å²) in [7, 11) is 6.61. The van der Waals surface area contributed by atoms with Crippen LogP contribution in [0.5, 0.6) is 0 Å². The van der Waals surface area contributed by atoms with Crippen molar-refractivity contribution in [3.8, 4) is 0 Å². The van der Waals surface area contributed by atoms with E-state index in [9.17, 15) is 0 Å². The molecule has 0 saturated heterocycles. The Bertz CT molecular complexity index is 239. The van der Waals surface area contributed by atoms with Crippen LogP contribution in [0.3, 0.4) is 0 Å². The fourth-order valence-corrected chi connectivity index (χ4v) is 0.654. The van der Waals surface area contributed by atoms with E-state index in [-0.39, 0.29) is 50.6 Å². The molecule has 0 unspecified atom stereocenters. The van der Waals surface area contributed by atoms with Crippen LogP contribution in [-0.4, -0.2) is 84.4 Å². The average Bonchev–Trinajstić information content (AvgIpc) is 3.24. The van der Waals surface area contributed by atoms with E-state index in [0.717, 1.165) is 0 Å². The number of hydrogen-bond donors (Lipinski definition) is 0. The standard InChI is InChI=1S/C5H5.2C4H10O2.3CO.Mo.Na/c1-2-4-5-3-1;2*1-5-3-4-6-2;3*1-2;;/h1-5H;2*3-4H2,1-2H3;;;;;. The first-order valence-electron chi connectivity index (χ1n) is 6.07. The van der Waals surface area contributed by atoms with Gasteiger partial charge in [0.2, 0.25) is 0 Å². The molecular formula is C16H25MoNaO7. The van der Waals surface area contributed by atoms with Crippen LogP contribution in [0, 0.1) is 26.4 Å². The van der Waals surface area contributed by atoms with Crippen molar-refractivity contribution >= 4 is 29.6 Å². The molecule has 1 aliphatic rings. The summed E-state index contributed by atoms with van der Waals surface area (Å²) >= 11 is 0. The van der Waals surface area contributed by atoms with E-state index in [2.05, 4.69) is 38.9 Å². The van der Waals surface area contributed by atoms with Gasteiger partial charge in [-0.1, -0.05) is 24.3 Å². The first-order chi connectivity index (χ1) is 11.3. The molecule has 0 heterocycles. The fourth-order valence-electron chi connectivity index (χ4n) is 0.654. The third kappa shape index (κ3) is 95.0. The van der Waals surface area contributed by atoms with Gasteiger partial charge in [0.25, 0.3) is 0 Å². The van der Waals surface area contributed by atoms with Gasteiger partial charge in [0.1, 0.15) is 0 Å². The van der Waals surface area contributed by atoms with E-state index in [1.54, 1.807) is 28.4 Å².